The van der Waals surface area contributed by atoms with E-state index >= 15 is 0 Å². The van der Waals surface area contributed by atoms with Gasteiger partial charge in [-0.3, -0.25) is 0 Å². The van der Waals surface area contributed by atoms with E-state index < -0.39 is 0 Å². The van der Waals surface area contributed by atoms with Gasteiger partial charge in [-0.05, 0) is 60.8 Å². The van der Waals surface area contributed by atoms with Crippen LogP contribution in [0.3, 0.4) is 0 Å². The molecule has 0 aliphatic rings. The van der Waals surface area contributed by atoms with Crippen LogP contribution >= 0.6 is 12.2 Å². The number of anilines is 1. The van der Waals surface area contributed by atoms with E-state index in [4.69, 9.17) is 17.0 Å². The van der Waals surface area contributed by atoms with E-state index in [1.54, 1.807) is 6.08 Å². The average molecular weight is 369 g/mol. The zero-order valence-corrected chi connectivity index (χ0v) is 16.6. The largest absolute Gasteiger partial charge is 0.490 e. The molecule has 138 valence electrons. The lowest BCUT2D eigenvalue weighted by Gasteiger charge is -2.29. The molecular formula is C22H28N2OS. The minimum Gasteiger partial charge on any atom is -0.490 e. The number of ether oxygens (including phenoxy) is 1. The molecule has 2 aromatic carbocycles. The number of rotatable bonds is 8. The molecule has 0 aliphatic heterocycles. The zero-order valence-electron chi connectivity index (χ0n) is 15.8. The number of benzene rings is 2. The standard InChI is InChI=1S/C22H28N2OS/c1-5-15-25-20-13-11-19(12-14-20)24-21(26)23-17(2)16-22(3,4)18-9-7-6-8-10-18/h5-14,17H,1,15-16H2,2-4H3,(H2,23,24,26). The molecule has 0 radical (unpaired) electrons. The Morgan fingerprint density at radius 3 is 2.42 bits per heavy atom. The monoisotopic (exact) mass is 368 g/mol. The first kappa shape index (κ1) is 20.0. The van der Waals surface area contributed by atoms with Crippen LogP contribution in [0.2, 0.25) is 0 Å². The van der Waals surface area contributed by atoms with E-state index in [0.717, 1.165) is 17.9 Å². The van der Waals surface area contributed by atoms with Gasteiger partial charge in [0.25, 0.3) is 0 Å². The lowest BCUT2D eigenvalue weighted by molar-refractivity contribution is 0.363. The van der Waals surface area contributed by atoms with Gasteiger partial charge in [-0.25, -0.2) is 0 Å². The molecule has 0 spiro atoms. The number of thiocarbonyl (C=S) groups is 1. The molecule has 0 aromatic heterocycles. The summed E-state index contributed by atoms with van der Waals surface area (Å²) in [5.41, 5.74) is 2.35. The molecule has 2 aromatic rings. The minimum absolute atomic E-state index is 0.0768. The van der Waals surface area contributed by atoms with Crippen LogP contribution < -0.4 is 15.4 Å². The van der Waals surface area contributed by atoms with Crippen molar-refractivity contribution in [3.05, 3.63) is 72.8 Å². The highest BCUT2D eigenvalue weighted by Crippen LogP contribution is 2.28. The Labute approximate surface area is 162 Å². The SMILES string of the molecule is C=CCOc1ccc(NC(=S)NC(C)CC(C)(C)c2ccccc2)cc1. The third kappa shape index (κ3) is 6.19. The van der Waals surface area contributed by atoms with E-state index in [9.17, 15) is 0 Å². The Morgan fingerprint density at radius 1 is 1.15 bits per heavy atom. The summed E-state index contributed by atoms with van der Waals surface area (Å²) in [6, 6.07) is 18.6. The third-order valence-corrected chi connectivity index (χ3v) is 4.45. The van der Waals surface area contributed by atoms with Crippen molar-refractivity contribution in [2.45, 2.75) is 38.6 Å². The van der Waals surface area contributed by atoms with Crippen LogP contribution in [0.1, 0.15) is 32.8 Å². The highest BCUT2D eigenvalue weighted by atomic mass is 32.1. The molecule has 0 aliphatic carbocycles. The molecule has 0 saturated heterocycles. The molecule has 0 fully saturated rings. The first-order valence-corrected chi connectivity index (χ1v) is 9.28. The van der Waals surface area contributed by atoms with Gasteiger partial charge >= 0.3 is 0 Å². The first-order valence-electron chi connectivity index (χ1n) is 8.87. The Balaban J connectivity index is 1.86. The molecule has 3 nitrogen and oxygen atoms in total. The summed E-state index contributed by atoms with van der Waals surface area (Å²) in [5, 5.41) is 7.23. The zero-order chi connectivity index (χ0) is 19.0. The van der Waals surface area contributed by atoms with E-state index in [-0.39, 0.29) is 11.5 Å². The fourth-order valence-electron chi connectivity index (χ4n) is 3.00. The summed E-state index contributed by atoms with van der Waals surface area (Å²) >= 11 is 5.45. The summed E-state index contributed by atoms with van der Waals surface area (Å²) in [5.74, 6) is 0.812. The predicted octanol–water partition coefficient (Wildman–Crippen LogP) is 5.29. The number of hydrogen-bond donors (Lipinski definition) is 2. The van der Waals surface area contributed by atoms with Gasteiger partial charge in [0.05, 0.1) is 0 Å². The molecule has 0 amide bonds. The Hall–Kier alpha value is -2.33. The molecule has 0 bridgehead atoms. The summed E-state index contributed by atoms with van der Waals surface area (Å²) in [6.07, 6.45) is 2.71. The third-order valence-electron chi connectivity index (χ3n) is 4.23. The van der Waals surface area contributed by atoms with Gasteiger partial charge < -0.3 is 15.4 Å². The average Bonchev–Trinajstić information content (AvgIpc) is 2.61. The molecule has 4 heteroatoms. The van der Waals surface area contributed by atoms with Crippen molar-refractivity contribution in [1.29, 1.82) is 0 Å². The second kappa shape index (κ2) is 9.39. The normalized spacial score (nSPS) is 12.1. The Bertz CT molecular complexity index is 711. The fraction of sp³-hybridized carbons (Fsp3) is 0.318. The van der Waals surface area contributed by atoms with Crippen LogP contribution in [-0.4, -0.2) is 17.8 Å². The van der Waals surface area contributed by atoms with E-state index in [1.165, 1.54) is 5.56 Å². The molecule has 0 heterocycles. The highest BCUT2D eigenvalue weighted by molar-refractivity contribution is 7.80. The van der Waals surface area contributed by atoms with Crippen molar-refractivity contribution in [3.8, 4) is 5.75 Å². The molecule has 26 heavy (non-hydrogen) atoms. The van der Waals surface area contributed by atoms with E-state index in [1.807, 2.05) is 30.3 Å². The Kier molecular flexibility index (Phi) is 7.22. The second-order valence-electron chi connectivity index (χ2n) is 7.08. The van der Waals surface area contributed by atoms with Crippen molar-refractivity contribution >= 4 is 23.0 Å². The number of nitrogens with one attached hydrogen (secondary N) is 2. The summed E-state index contributed by atoms with van der Waals surface area (Å²) in [7, 11) is 0. The number of hydrogen-bond acceptors (Lipinski definition) is 2. The Morgan fingerprint density at radius 2 is 1.81 bits per heavy atom. The van der Waals surface area contributed by atoms with Crippen molar-refractivity contribution in [2.24, 2.45) is 0 Å². The molecular weight excluding hydrogens is 340 g/mol. The summed E-state index contributed by atoms with van der Waals surface area (Å²) in [4.78, 5) is 0. The maximum Gasteiger partial charge on any atom is 0.170 e. The summed E-state index contributed by atoms with van der Waals surface area (Å²) < 4.78 is 5.48. The van der Waals surface area contributed by atoms with E-state index in [2.05, 4.69) is 62.2 Å². The second-order valence-corrected chi connectivity index (χ2v) is 7.49. The van der Waals surface area contributed by atoms with Gasteiger partial charge in [-0.1, -0.05) is 56.8 Å². The van der Waals surface area contributed by atoms with Gasteiger partial charge in [0.15, 0.2) is 5.11 Å². The minimum atomic E-state index is 0.0768. The quantitative estimate of drug-likeness (QED) is 0.490. The fourth-order valence-corrected chi connectivity index (χ4v) is 3.32. The molecule has 1 unspecified atom stereocenters. The predicted molar refractivity (Wildman–Crippen MR) is 115 cm³/mol. The van der Waals surface area contributed by atoms with Crippen LogP contribution in [-0.2, 0) is 5.41 Å². The van der Waals surface area contributed by atoms with Crippen LogP contribution in [0, 0.1) is 0 Å². The van der Waals surface area contributed by atoms with Crippen LogP contribution in [0.4, 0.5) is 5.69 Å². The van der Waals surface area contributed by atoms with Crippen molar-refractivity contribution in [3.63, 3.8) is 0 Å². The maximum absolute atomic E-state index is 5.48. The maximum atomic E-state index is 5.48. The van der Waals surface area contributed by atoms with Crippen LogP contribution in [0.25, 0.3) is 0 Å². The lowest BCUT2D eigenvalue weighted by atomic mass is 9.79. The van der Waals surface area contributed by atoms with Gasteiger partial charge in [-0.2, -0.15) is 0 Å². The van der Waals surface area contributed by atoms with Crippen molar-refractivity contribution in [1.82, 2.24) is 5.32 Å². The van der Waals surface area contributed by atoms with Crippen LogP contribution in [0.15, 0.2) is 67.3 Å². The molecule has 2 rings (SSSR count). The van der Waals surface area contributed by atoms with Crippen molar-refractivity contribution in [2.75, 3.05) is 11.9 Å². The lowest BCUT2D eigenvalue weighted by Crippen LogP contribution is -2.39. The van der Waals surface area contributed by atoms with Crippen molar-refractivity contribution < 1.29 is 4.74 Å². The topological polar surface area (TPSA) is 33.3 Å². The van der Waals surface area contributed by atoms with Gasteiger partial charge in [0, 0.05) is 11.7 Å². The highest BCUT2D eigenvalue weighted by Gasteiger charge is 2.23. The van der Waals surface area contributed by atoms with Gasteiger partial charge in [0.2, 0.25) is 0 Å². The molecule has 1 atom stereocenters. The van der Waals surface area contributed by atoms with Gasteiger partial charge in [-0.15, -0.1) is 0 Å². The van der Waals surface area contributed by atoms with Crippen LogP contribution in [0.5, 0.6) is 5.75 Å². The first-order chi connectivity index (χ1) is 12.4. The smallest absolute Gasteiger partial charge is 0.170 e. The van der Waals surface area contributed by atoms with E-state index in [0.29, 0.717) is 11.7 Å². The summed E-state index contributed by atoms with van der Waals surface area (Å²) in [6.45, 7) is 10.8. The molecule has 0 saturated carbocycles. The van der Waals surface area contributed by atoms with Gasteiger partial charge in [0.1, 0.15) is 12.4 Å². The molecule has 2 N–H and O–H groups in total.